The molecular formula is C26H31IN2O7. The van der Waals surface area contributed by atoms with Crippen LogP contribution in [0.4, 0.5) is 0 Å². The molecule has 1 aliphatic carbocycles. The fourth-order valence-corrected chi connectivity index (χ4v) is 4.58. The van der Waals surface area contributed by atoms with Gasteiger partial charge in [-0.15, -0.1) is 0 Å². The number of para-hydroxylation sites is 1. The Hall–Kier alpha value is -2.70. The summed E-state index contributed by atoms with van der Waals surface area (Å²) in [5, 5.41) is 23.2. The Morgan fingerprint density at radius 1 is 1.22 bits per heavy atom. The number of ketones is 1. The van der Waals surface area contributed by atoms with Crippen LogP contribution in [0, 0.1) is 3.57 Å². The third-order valence-corrected chi connectivity index (χ3v) is 6.78. The highest BCUT2D eigenvalue weighted by Crippen LogP contribution is 2.31. The summed E-state index contributed by atoms with van der Waals surface area (Å²) in [6.07, 6.45) is 3.47. The molecule has 0 saturated heterocycles. The first-order chi connectivity index (χ1) is 17.3. The number of hydrogen-bond donors (Lipinski definition) is 3. The molecule has 10 heteroatoms. The van der Waals surface area contributed by atoms with Crippen LogP contribution in [0.2, 0.25) is 0 Å². The van der Waals surface area contributed by atoms with Crippen LogP contribution >= 0.6 is 22.6 Å². The highest BCUT2D eigenvalue weighted by Gasteiger charge is 2.40. The van der Waals surface area contributed by atoms with Gasteiger partial charge in [0.1, 0.15) is 23.7 Å². The number of ether oxygens (including phenoxy) is 1. The highest BCUT2D eigenvalue weighted by atomic mass is 127. The number of rotatable bonds is 12. The molecule has 0 unspecified atom stereocenters. The van der Waals surface area contributed by atoms with Gasteiger partial charge in [0.15, 0.2) is 0 Å². The van der Waals surface area contributed by atoms with E-state index in [0.29, 0.717) is 17.7 Å². The molecule has 194 valence electrons. The number of carbonyl (C=O) groups is 3. The molecule has 36 heavy (non-hydrogen) atoms. The van der Waals surface area contributed by atoms with E-state index in [-0.39, 0.29) is 50.6 Å². The number of carbonyl (C=O) groups excluding carboxylic acids is 3. The molecule has 0 saturated carbocycles. The average Bonchev–Trinajstić information content (AvgIpc) is 3.37. The first-order valence-corrected chi connectivity index (χ1v) is 12.9. The van der Waals surface area contributed by atoms with Crippen molar-refractivity contribution < 1.29 is 33.8 Å². The van der Waals surface area contributed by atoms with Gasteiger partial charge >= 0.3 is 0 Å². The average molecular weight is 610 g/mol. The van der Waals surface area contributed by atoms with Crippen LogP contribution in [0.15, 0.2) is 58.9 Å². The predicted octanol–water partition coefficient (Wildman–Crippen LogP) is 2.59. The number of nitrogens with zero attached hydrogens (tertiary/aromatic N) is 1. The van der Waals surface area contributed by atoms with E-state index < -0.39 is 24.2 Å². The van der Waals surface area contributed by atoms with Crippen molar-refractivity contribution in [2.45, 2.75) is 57.4 Å². The summed E-state index contributed by atoms with van der Waals surface area (Å²) >= 11 is 2.13. The van der Waals surface area contributed by atoms with Gasteiger partial charge in [-0.1, -0.05) is 12.1 Å². The van der Waals surface area contributed by atoms with E-state index in [4.69, 9.17) is 14.3 Å². The molecule has 0 fully saturated rings. The lowest BCUT2D eigenvalue weighted by Gasteiger charge is -2.40. The van der Waals surface area contributed by atoms with Crippen LogP contribution in [0.25, 0.3) is 0 Å². The molecule has 2 amide bonds. The summed E-state index contributed by atoms with van der Waals surface area (Å²) in [4.78, 5) is 39.1. The minimum absolute atomic E-state index is 0.00131. The molecule has 3 N–H and O–H groups in total. The van der Waals surface area contributed by atoms with Crippen molar-refractivity contribution in [2.24, 2.45) is 0 Å². The molecule has 0 bridgehead atoms. The Bertz CT molecular complexity index is 1070. The third kappa shape index (κ3) is 7.65. The molecule has 3 rings (SSSR count). The molecule has 1 aromatic heterocycles. The standard InChI is InChI=1S/C26H31IN2O7/c1-17(31)5-4-8-24(32)29(15-18-9-12-35-16-18)21-13-19(26(34)28-10-11-30)14-23(25(21)33)36-22-7-3-2-6-20(22)27/h2-3,6-7,9,12,14,16,21,23,25,30,33H,4-5,8,10-11,13,15H2,1H3,(H,28,34)/t21-,23+,25+/m1/s1. The molecule has 1 aliphatic rings. The lowest BCUT2D eigenvalue weighted by atomic mass is 9.87. The highest BCUT2D eigenvalue weighted by molar-refractivity contribution is 14.1. The lowest BCUT2D eigenvalue weighted by molar-refractivity contribution is -0.139. The number of benzene rings is 1. The second-order valence-electron chi connectivity index (χ2n) is 8.66. The Kier molecular flexibility index (Phi) is 10.5. The maximum Gasteiger partial charge on any atom is 0.247 e. The van der Waals surface area contributed by atoms with E-state index in [0.717, 1.165) is 9.13 Å². The maximum absolute atomic E-state index is 13.3. The zero-order valence-electron chi connectivity index (χ0n) is 20.1. The fraction of sp³-hybridized carbons (Fsp3) is 0.423. The predicted molar refractivity (Wildman–Crippen MR) is 140 cm³/mol. The van der Waals surface area contributed by atoms with Crippen LogP contribution in [-0.2, 0) is 20.9 Å². The van der Waals surface area contributed by atoms with Gasteiger partial charge in [0, 0.05) is 43.5 Å². The zero-order valence-corrected chi connectivity index (χ0v) is 22.2. The summed E-state index contributed by atoms with van der Waals surface area (Å²) in [6.45, 7) is 1.51. The lowest BCUT2D eigenvalue weighted by Crippen LogP contribution is -2.54. The number of nitrogens with one attached hydrogen (secondary N) is 1. The van der Waals surface area contributed by atoms with Crippen molar-refractivity contribution in [3.05, 3.63) is 63.6 Å². The van der Waals surface area contributed by atoms with E-state index in [9.17, 15) is 19.5 Å². The van der Waals surface area contributed by atoms with E-state index in [2.05, 4.69) is 27.9 Å². The summed E-state index contributed by atoms with van der Waals surface area (Å²) < 4.78 is 12.1. The quantitative estimate of drug-likeness (QED) is 0.315. The van der Waals surface area contributed by atoms with Gasteiger partial charge in [-0.05, 0) is 60.2 Å². The number of hydrogen-bond acceptors (Lipinski definition) is 7. The van der Waals surface area contributed by atoms with Gasteiger partial charge in [-0.3, -0.25) is 9.59 Å². The summed E-state index contributed by atoms with van der Waals surface area (Å²) in [5.74, 6) is -0.0990. The fourth-order valence-electron chi connectivity index (χ4n) is 4.07. The van der Waals surface area contributed by atoms with Crippen molar-refractivity contribution >= 4 is 40.2 Å². The van der Waals surface area contributed by atoms with Crippen molar-refractivity contribution in [3.63, 3.8) is 0 Å². The molecule has 2 aromatic rings. The number of Topliss-reactive ketones (excluding diaryl/α,β-unsaturated/α-hetero) is 1. The van der Waals surface area contributed by atoms with E-state index in [1.54, 1.807) is 18.2 Å². The smallest absolute Gasteiger partial charge is 0.247 e. The van der Waals surface area contributed by atoms with Crippen molar-refractivity contribution in [2.75, 3.05) is 13.2 Å². The molecule has 9 nitrogen and oxygen atoms in total. The van der Waals surface area contributed by atoms with Crippen molar-refractivity contribution in [3.8, 4) is 5.75 Å². The zero-order chi connectivity index (χ0) is 26.1. The summed E-state index contributed by atoms with van der Waals surface area (Å²) in [7, 11) is 0. The van der Waals surface area contributed by atoms with Crippen LogP contribution < -0.4 is 10.1 Å². The summed E-state index contributed by atoms with van der Waals surface area (Å²) in [5.41, 5.74) is 1.08. The summed E-state index contributed by atoms with van der Waals surface area (Å²) in [6, 6.07) is 8.28. The van der Waals surface area contributed by atoms with E-state index >= 15 is 0 Å². The van der Waals surface area contributed by atoms with Crippen LogP contribution in [0.3, 0.4) is 0 Å². The molecule has 1 aromatic carbocycles. The Morgan fingerprint density at radius 2 is 2.00 bits per heavy atom. The molecule has 0 radical (unpaired) electrons. The first-order valence-electron chi connectivity index (χ1n) is 11.8. The van der Waals surface area contributed by atoms with Crippen LogP contribution in [0.1, 0.15) is 38.2 Å². The normalized spacial score (nSPS) is 19.3. The van der Waals surface area contributed by atoms with Crippen LogP contribution in [0.5, 0.6) is 5.75 Å². The maximum atomic E-state index is 13.3. The second-order valence-corrected chi connectivity index (χ2v) is 9.82. The first kappa shape index (κ1) is 27.9. The largest absolute Gasteiger partial charge is 0.482 e. The van der Waals surface area contributed by atoms with Crippen molar-refractivity contribution in [1.82, 2.24) is 10.2 Å². The Morgan fingerprint density at radius 3 is 2.67 bits per heavy atom. The second kappa shape index (κ2) is 13.6. The SMILES string of the molecule is CC(=O)CCCC(=O)N(Cc1ccoc1)[C@@H]1CC(C(=O)NCCO)=C[C@H](Oc2ccccc2I)[C@H]1O. The number of aliphatic hydroxyl groups excluding tert-OH is 2. The monoisotopic (exact) mass is 610 g/mol. The molecule has 3 atom stereocenters. The van der Waals surface area contributed by atoms with Gasteiger partial charge in [-0.2, -0.15) is 0 Å². The Balaban J connectivity index is 1.92. The number of aliphatic hydroxyl groups is 2. The van der Waals surface area contributed by atoms with Gasteiger partial charge in [0.25, 0.3) is 0 Å². The third-order valence-electron chi connectivity index (χ3n) is 5.89. The van der Waals surface area contributed by atoms with Gasteiger partial charge in [0.2, 0.25) is 11.8 Å². The molecular weight excluding hydrogens is 579 g/mol. The van der Waals surface area contributed by atoms with Crippen molar-refractivity contribution in [1.29, 1.82) is 0 Å². The minimum Gasteiger partial charge on any atom is -0.482 e. The van der Waals surface area contributed by atoms with Gasteiger partial charge in [0.05, 0.1) is 28.7 Å². The van der Waals surface area contributed by atoms with E-state index in [1.165, 1.54) is 24.3 Å². The van der Waals surface area contributed by atoms with Crippen LogP contribution in [-0.4, -0.2) is 64.1 Å². The molecule has 0 aliphatic heterocycles. The van der Waals surface area contributed by atoms with Gasteiger partial charge in [-0.25, -0.2) is 0 Å². The number of furan rings is 1. The van der Waals surface area contributed by atoms with Gasteiger partial charge < -0.3 is 34.4 Å². The molecule has 1 heterocycles. The molecule has 0 spiro atoms. The minimum atomic E-state index is -1.13. The number of amides is 2. The topological polar surface area (TPSA) is 129 Å². The number of halogens is 1. The van der Waals surface area contributed by atoms with E-state index in [1.807, 2.05) is 18.2 Å². The Labute approximate surface area is 223 Å².